The molecule has 0 aliphatic carbocycles. The minimum Gasteiger partial charge on any atom is -0.353 e. The fourth-order valence-electron chi connectivity index (χ4n) is 3.02. The van der Waals surface area contributed by atoms with Gasteiger partial charge in [-0.1, -0.05) is 24.6 Å². The first-order valence-electron chi connectivity index (χ1n) is 7.12. The van der Waals surface area contributed by atoms with Crippen LogP contribution in [0.4, 0.5) is 0 Å². The van der Waals surface area contributed by atoms with Gasteiger partial charge in [-0.2, -0.15) is 0 Å². The van der Waals surface area contributed by atoms with E-state index in [2.05, 4.69) is 5.32 Å². The molecule has 1 heterocycles. The fraction of sp³-hybridized carbons (Fsp3) is 0.500. The molecule has 1 saturated heterocycles. The van der Waals surface area contributed by atoms with Crippen LogP contribution in [0.3, 0.4) is 0 Å². The third kappa shape index (κ3) is 2.55. The van der Waals surface area contributed by atoms with Gasteiger partial charge in [0, 0.05) is 18.7 Å². The molecule has 0 saturated carbocycles. The lowest BCUT2D eigenvalue weighted by molar-refractivity contribution is -0.127. The molecule has 1 aromatic carbocycles. The maximum atomic E-state index is 12.8. The quantitative estimate of drug-likeness (QED) is 0.896. The van der Waals surface area contributed by atoms with Gasteiger partial charge in [-0.25, -0.2) is 0 Å². The van der Waals surface area contributed by atoms with E-state index in [9.17, 15) is 9.59 Å². The van der Waals surface area contributed by atoms with Crippen molar-refractivity contribution in [2.24, 2.45) is 0 Å². The second kappa shape index (κ2) is 5.65. The molecule has 4 nitrogen and oxygen atoms in total. The molecule has 1 atom stereocenters. The van der Waals surface area contributed by atoms with E-state index in [4.69, 9.17) is 0 Å². The summed E-state index contributed by atoms with van der Waals surface area (Å²) < 4.78 is 0. The highest BCUT2D eigenvalue weighted by Crippen LogP contribution is 2.21. The average molecular weight is 274 g/mol. The van der Waals surface area contributed by atoms with Crippen molar-refractivity contribution in [3.63, 3.8) is 0 Å². The number of benzene rings is 1. The van der Waals surface area contributed by atoms with Crippen molar-refractivity contribution < 1.29 is 9.59 Å². The summed E-state index contributed by atoms with van der Waals surface area (Å²) in [5.41, 5.74) is 3.85. The van der Waals surface area contributed by atoms with Gasteiger partial charge >= 0.3 is 0 Å². The lowest BCUT2D eigenvalue weighted by atomic mass is 9.97. The molecular weight excluding hydrogens is 252 g/mol. The second-order valence-corrected chi connectivity index (χ2v) is 5.49. The number of nitrogens with zero attached hydrogens (tertiary/aromatic N) is 1. The fourth-order valence-corrected chi connectivity index (χ4v) is 3.02. The molecule has 20 heavy (non-hydrogen) atoms. The Morgan fingerprint density at radius 2 is 1.90 bits per heavy atom. The summed E-state index contributed by atoms with van der Waals surface area (Å²) in [5.74, 6) is -0.0729. The number of hydrogen-bond acceptors (Lipinski definition) is 2. The minimum atomic E-state index is -0.351. The SMILES string of the molecule is CCC1C(=O)NCCN1C(=O)c1c(C)cc(C)cc1C. The first-order valence-corrected chi connectivity index (χ1v) is 7.12. The molecule has 2 amide bonds. The molecule has 2 rings (SSSR count). The van der Waals surface area contributed by atoms with Crippen LogP contribution in [0, 0.1) is 20.8 Å². The normalized spacial score (nSPS) is 18.9. The van der Waals surface area contributed by atoms with E-state index in [1.54, 1.807) is 4.90 Å². The highest BCUT2D eigenvalue weighted by molar-refractivity contribution is 6.00. The molecule has 108 valence electrons. The van der Waals surface area contributed by atoms with E-state index >= 15 is 0 Å². The minimum absolute atomic E-state index is 0.0262. The van der Waals surface area contributed by atoms with Gasteiger partial charge in [-0.3, -0.25) is 9.59 Å². The van der Waals surface area contributed by atoms with Crippen LogP contribution in [0.2, 0.25) is 0 Å². The third-order valence-electron chi connectivity index (χ3n) is 3.87. The summed E-state index contributed by atoms with van der Waals surface area (Å²) in [6.45, 7) is 8.99. The number of rotatable bonds is 2. The lowest BCUT2D eigenvalue weighted by Crippen LogP contribution is -2.57. The monoisotopic (exact) mass is 274 g/mol. The van der Waals surface area contributed by atoms with Gasteiger partial charge in [0.05, 0.1) is 0 Å². The highest BCUT2D eigenvalue weighted by atomic mass is 16.2. The molecule has 0 radical (unpaired) electrons. The summed E-state index contributed by atoms with van der Waals surface area (Å²) in [4.78, 5) is 26.4. The summed E-state index contributed by atoms with van der Waals surface area (Å²) in [7, 11) is 0. The van der Waals surface area contributed by atoms with Gasteiger partial charge in [0.1, 0.15) is 6.04 Å². The Kier molecular flexibility index (Phi) is 4.12. The van der Waals surface area contributed by atoms with E-state index in [0.717, 1.165) is 22.3 Å². The lowest BCUT2D eigenvalue weighted by Gasteiger charge is -2.35. The number of carbonyl (C=O) groups excluding carboxylic acids is 2. The van der Waals surface area contributed by atoms with E-state index in [1.165, 1.54) is 0 Å². The summed E-state index contributed by atoms with van der Waals surface area (Å²) in [6, 6.07) is 3.69. The predicted octanol–water partition coefficient (Wildman–Crippen LogP) is 1.96. The highest BCUT2D eigenvalue weighted by Gasteiger charge is 2.33. The Morgan fingerprint density at radius 1 is 1.30 bits per heavy atom. The molecule has 1 unspecified atom stereocenters. The number of piperazine rings is 1. The standard InChI is InChI=1S/C16H22N2O2/c1-5-13-15(19)17-6-7-18(13)16(20)14-11(3)8-10(2)9-12(14)4/h8-9,13H,5-7H2,1-4H3,(H,17,19). The number of nitrogens with one attached hydrogen (secondary N) is 1. The van der Waals surface area contributed by atoms with Crippen LogP contribution < -0.4 is 5.32 Å². The van der Waals surface area contributed by atoms with E-state index in [-0.39, 0.29) is 17.9 Å². The molecule has 0 bridgehead atoms. The molecule has 0 aromatic heterocycles. The molecule has 1 N–H and O–H groups in total. The molecule has 1 aliphatic rings. The van der Waals surface area contributed by atoms with Crippen LogP contribution in [0.5, 0.6) is 0 Å². The molecule has 4 heteroatoms. The third-order valence-corrected chi connectivity index (χ3v) is 3.87. The Balaban J connectivity index is 2.38. The number of amides is 2. The zero-order chi connectivity index (χ0) is 14.9. The van der Waals surface area contributed by atoms with Crippen LogP contribution in [0.15, 0.2) is 12.1 Å². The van der Waals surface area contributed by atoms with E-state index < -0.39 is 0 Å². The largest absolute Gasteiger partial charge is 0.353 e. The van der Waals surface area contributed by atoms with Gasteiger partial charge < -0.3 is 10.2 Å². The molecule has 1 aromatic rings. The average Bonchev–Trinajstić information content (AvgIpc) is 2.37. The zero-order valence-electron chi connectivity index (χ0n) is 12.6. The first-order chi connectivity index (χ1) is 9.45. The van der Waals surface area contributed by atoms with Gasteiger partial charge in [0.25, 0.3) is 5.91 Å². The van der Waals surface area contributed by atoms with Crippen molar-refractivity contribution in [1.82, 2.24) is 10.2 Å². The van der Waals surface area contributed by atoms with Crippen molar-refractivity contribution in [3.05, 3.63) is 34.4 Å². The number of hydrogen-bond donors (Lipinski definition) is 1. The van der Waals surface area contributed by atoms with Crippen LogP contribution in [-0.2, 0) is 4.79 Å². The Labute approximate surface area is 120 Å². The Bertz CT molecular complexity index is 528. The van der Waals surface area contributed by atoms with Gasteiger partial charge in [-0.15, -0.1) is 0 Å². The second-order valence-electron chi connectivity index (χ2n) is 5.49. The van der Waals surface area contributed by atoms with Gasteiger partial charge in [0.2, 0.25) is 5.91 Å². The molecular formula is C16H22N2O2. The molecule has 0 spiro atoms. The van der Waals surface area contributed by atoms with E-state index in [0.29, 0.717) is 19.5 Å². The van der Waals surface area contributed by atoms with Crippen molar-refractivity contribution in [2.75, 3.05) is 13.1 Å². The Morgan fingerprint density at radius 3 is 2.45 bits per heavy atom. The molecule has 1 aliphatic heterocycles. The van der Waals surface area contributed by atoms with Crippen molar-refractivity contribution in [3.8, 4) is 0 Å². The van der Waals surface area contributed by atoms with Crippen molar-refractivity contribution in [2.45, 2.75) is 40.2 Å². The summed E-state index contributed by atoms with van der Waals surface area (Å²) in [5, 5.41) is 2.82. The molecule has 1 fully saturated rings. The smallest absolute Gasteiger partial charge is 0.255 e. The first kappa shape index (κ1) is 14.6. The number of aryl methyl sites for hydroxylation is 3. The van der Waals surface area contributed by atoms with E-state index in [1.807, 2.05) is 39.8 Å². The Hall–Kier alpha value is -1.84. The van der Waals surface area contributed by atoms with Crippen LogP contribution >= 0.6 is 0 Å². The topological polar surface area (TPSA) is 49.4 Å². The summed E-state index contributed by atoms with van der Waals surface area (Å²) in [6.07, 6.45) is 0.640. The van der Waals surface area contributed by atoms with Gasteiger partial charge in [-0.05, 0) is 38.3 Å². The number of carbonyl (C=O) groups is 2. The summed E-state index contributed by atoms with van der Waals surface area (Å²) >= 11 is 0. The van der Waals surface area contributed by atoms with Crippen molar-refractivity contribution >= 4 is 11.8 Å². The van der Waals surface area contributed by atoms with Crippen LogP contribution in [-0.4, -0.2) is 35.8 Å². The maximum absolute atomic E-state index is 12.8. The van der Waals surface area contributed by atoms with Crippen molar-refractivity contribution in [1.29, 1.82) is 0 Å². The zero-order valence-corrected chi connectivity index (χ0v) is 12.6. The predicted molar refractivity (Wildman–Crippen MR) is 78.8 cm³/mol. The van der Waals surface area contributed by atoms with Gasteiger partial charge in [0.15, 0.2) is 0 Å². The maximum Gasteiger partial charge on any atom is 0.255 e. The van der Waals surface area contributed by atoms with Crippen LogP contribution in [0.1, 0.15) is 40.4 Å². The van der Waals surface area contributed by atoms with Crippen LogP contribution in [0.25, 0.3) is 0 Å².